The molecule has 1 unspecified atom stereocenters. The van der Waals surface area contributed by atoms with Gasteiger partial charge in [0, 0.05) is 10.5 Å². The van der Waals surface area contributed by atoms with Crippen molar-refractivity contribution < 1.29 is 4.74 Å². The molecule has 0 amide bonds. The highest BCUT2D eigenvalue weighted by Crippen LogP contribution is 2.30. The average molecular weight is 298 g/mol. The fraction of sp³-hybridized carbons (Fsp3) is 0.571. The van der Waals surface area contributed by atoms with E-state index in [1.54, 1.807) is 0 Å². The molecule has 1 saturated carbocycles. The molecule has 0 saturated heterocycles. The summed E-state index contributed by atoms with van der Waals surface area (Å²) in [6.07, 6.45) is 5.44. The smallest absolute Gasteiger partial charge is 0.120 e. The Labute approximate surface area is 112 Å². The zero-order chi connectivity index (χ0) is 12.3. The van der Waals surface area contributed by atoms with Crippen LogP contribution in [0.1, 0.15) is 44.2 Å². The summed E-state index contributed by atoms with van der Waals surface area (Å²) in [5.74, 6) is 0.982. The first-order chi connectivity index (χ1) is 8.20. The predicted molar refractivity (Wildman–Crippen MR) is 74.5 cm³/mol. The maximum Gasteiger partial charge on any atom is 0.120 e. The van der Waals surface area contributed by atoms with Gasteiger partial charge in [-0.3, -0.25) is 0 Å². The number of rotatable bonds is 4. The van der Waals surface area contributed by atoms with Crippen LogP contribution in [0.15, 0.2) is 22.7 Å². The molecule has 0 aliphatic heterocycles. The Hall–Kier alpha value is -0.540. The zero-order valence-corrected chi connectivity index (χ0v) is 12.1. The van der Waals surface area contributed by atoms with Gasteiger partial charge in [-0.15, -0.1) is 0 Å². The molecule has 17 heavy (non-hydrogen) atoms. The lowest BCUT2D eigenvalue weighted by molar-refractivity contribution is 0.210. The van der Waals surface area contributed by atoms with Crippen LogP contribution in [0, 0.1) is 0 Å². The number of ether oxygens (including phenoxy) is 1. The van der Waals surface area contributed by atoms with E-state index in [0.29, 0.717) is 12.1 Å². The van der Waals surface area contributed by atoms with Crippen molar-refractivity contribution in [3.05, 3.63) is 28.2 Å². The van der Waals surface area contributed by atoms with Gasteiger partial charge < -0.3 is 10.1 Å². The van der Waals surface area contributed by atoms with Crippen LogP contribution >= 0.6 is 15.9 Å². The van der Waals surface area contributed by atoms with Gasteiger partial charge in [-0.25, -0.2) is 0 Å². The summed E-state index contributed by atoms with van der Waals surface area (Å²) < 4.78 is 7.09. The second-order valence-corrected chi connectivity index (χ2v) is 5.57. The van der Waals surface area contributed by atoms with Gasteiger partial charge in [-0.2, -0.15) is 0 Å². The third kappa shape index (κ3) is 3.23. The molecule has 1 aromatic rings. The van der Waals surface area contributed by atoms with Gasteiger partial charge in [0.05, 0.1) is 6.10 Å². The van der Waals surface area contributed by atoms with Crippen LogP contribution in [-0.2, 0) is 0 Å². The molecule has 94 valence electrons. The van der Waals surface area contributed by atoms with Crippen molar-refractivity contribution in [2.24, 2.45) is 0 Å². The van der Waals surface area contributed by atoms with Crippen LogP contribution in [0.5, 0.6) is 5.75 Å². The molecular weight excluding hydrogens is 278 g/mol. The Morgan fingerprint density at radius 3 is 2.65 bits per heavy atom. The van der Waals surface area contributed by atoms with E-state index in [1.807, 2.05) is 7.05 Å². The molecule has 0 aromatic heterocycles. The minimum absolute atomic E-state index is 0.352. The molecule has 2 rings (SSSR count). The molecule has 0 radical (unpaired) electrons. The van der Waals surface area contributed by atoms with Gasteiger partial charge in [0.25, 0.3) is 0 Å². The minimum atomic E-state index is 0.352. The van der Waals surface area contributed by atoms with Crippen molar-refractivity contribution in [1.29, 1.82) is 0 Å². The number of hydrogen-bond acceptors (Lipinski definition) is 2. The monoisotopic (exact) mass is 297 g/mol. The fourth-order valence-corrected chi connectivity index (χ4v) is 2.99. The Morgan fingerprint density at radius 2 is 2.06 bits per heavy atom. The van der Waals surface area contributed by atoms with E-state index in [9.17, 15) is 0 Å². The Bertz CT molecular complexity index is 374. The highest BCUT2D eigenvalue weighted by molar-refractivity contribution is 9.10. The molecule has 1 atom stereocenters. The first-order valence-electron chi connectivity index (χ1n) is 6.34. The summed E-state index contributed by atoms with van der Waals surface area (Å²) in [7, 11) is 1.97. The third-order valence-corrected chi connectivity index (χ3v) is 4.16. The second kappa shape index (κ2) is 5.87. The lowest BCUT2D eigenvalue weighted by atomic mass is 10.1. The molecule has 1 N–H and O–H groups in total. The largest absolute Gasteiger partial charge is 0.490 e. The van der Waals surface area contributed by atoms with Gasteiger partial charge in [0.2, 0.25) is 0 Å². The van der Waals surface area contributed by atoms with E-state index in [4.69, 9.17) is 4.74 Å². The normalized spacial score (nSPS) is 18.3. The van der Waals surface area contributed by atoms with Gasteiger partial charge in [0.1, 0.15) is 5.75 Å². The zero-order valence-electron chi connectivity index (χ0n) is 10.5. The third-order valence-electron chi connectivity index (χ3n) is 3.48. The molecule has 1 fully saturated rings. The predicted octanol–water partition coefficient (Wildman–Crippen LogP) is 4.05. The lowest BCUT2D eigenvalue weighted by Gasteiger charge is -2.16. The van der Waals surface area contributed by atoms with Crippen LogP contribution in [0.4, 0.5) is 0 Å². The molecule has 3 heteroatoms. The van der Waals surface area contributed by atoms with Crippen molar-refractivity contribution >= 4 is 15.9 Å². The topological polar surface area (TPSA) is 21.3 Å². The van der Waals surface area contributed by atoms with Gasteiger partial charge in [0.15, 0.2) is 0 Å². The Balaban J connectivity index is 2.07. The highest BCUT2D eigenvalue weighted by Gasteiger charge is 2.17. The van der Waals surface area contributed by atoms with E-state index in [1.165, 1.54) is 31.2 Å². The first-order valence-corrected chi connectivity index (χ1v) is 7.13. The standard InChI is InChI=1S/C14H20BrNO/c1-10(16-2)13-8-7-12(9-14(13)15)17-11-5-3-4-6-11/h7-11,16H,3-6H2,1-2H3. The summed E-state index contributed by atoms with van der Waals surface area (Å²) in [6, 6.07) is 6.65. The van der Waals surface area contributed by atoms with Crippen LogP contribution < -0.4 is 10.1 Å². The van der Waals surface area contributed by atoms with Gasteiger partial charge >= 0.3 is 0 Å². The van der Waals surface area contributed by atoms with Crippen molar-refractivity contribution in [1.82, 2.24) is 5.32 Å². The average Bonchev–Trinajstić information content (AvgIpc) is 2.81. The van der Waals surface area contributed by atoms with E-state index >= 15 is 0 Å². The quantitative estimate of drug-likeness (QED) is 0.905. The Kier molecular flexibility index (Phi) is 4.46. The van der Waals surface area contributed by atoms with Crippen LogP contribution in [-0.4, -0.2) is 13.2 Å². The molecule has 1 aromatic carbocycles. The van der Waals surface area contributed by atoms with E-state index in [-0.39, 0.29) is 0 Å². The van der Waals surface area contributed by atoms with Crippen LogP contribution in [0.3, 0.4) is 0 Å². The van der Waals surface area contributed by atoms with Gasteiger partial charge in [-0.1, -0.05) is 22.0 Å². The van der Waals surface area contributed by atoms with E-state index in [2.05, 4.69) is 46.4 Å². The van der Waals surface area contributed by atoms with Crippen molar-refractivity contribution in [3.8, 4) is 5.75 Å². The van der Waals surface area contributed by atoms with E-state index in [0.717, 1.165) is 10.2 Å². The van der Waals surface area contributed by atoms with Gasteiger partial charge in [-0.05, 0) is 57.4 Å². The number of halogens is 1. The number of hydrogen-bond donors (Lipinski definition) is 1. The molecule has 1 aliphatic carbocycles. The summed E-state index contributed by atoms with van der Waals surface area (Å²) in [5, 5.41) is 3.24. The number of nitrogens with one attached hydrogen (secondary N) is 1. The molecule has 0 heterocycles. The molecule has 1 aliphatic rings. The number of benzene rings is 1. The molecule has 0 bridgehead atoms. The summed E-state index contributed by atoms with van der Waals surface area (Å²) in [6.45, 7) is 2.15. The van der Waals surface area contributed by atoms with Crippen molar-refractivity contribution in [2.45, 2.75) is 44.8 Å². The first kappa shape index (κ1) is 12.9. The minimum Gasteiger partial charge on any atom is -0.490 e. The summed E-state index contributed by atoms with van der Waals surface area (Å²) in [5.41, 5.74) is 1.27. The Morgan fingerprint density at radius 1 is 1.35 bits per heavy atom. The lowest BCUT2D eigenvalue weighted by Crippen LogP contribution is -2.14. The van der Waals surface area contributed by atoms with Crippen molar-refractivity contribution in [2.75, 3.05) is 7.05 Å². The SMILES string of the molecule is CNC(C)c1ccc(OC2CCCC2)cc1Br. The van der Waals surface area contributed by atoms with E-state index < -0.39 is 0 Å². The second-order valence-electron chi connectivity index (χ2n) is 4.72. The van der Waals surface area contributed by atoms with Crippen molar-refractivity contribution in [3.63, 3.8) is 0 Å². The maximum absolute atomic E-state index is 5.97. The molecule has 0 spiro atoms. The maximum atomic E-state index is 5.97. The molecular formula is C14H20BrNO. The van der Waals surface area contributed by atoms with Crippen LogP contribution in [0.25, 0.3) is 0 Å². The fourth-order valence-electron chi connectivity index (χ4n) is 2.29. The summed E-state index contributed by atoms with van der Waals surface area (Å²) >= 11 is 3.62. The molecule has 2 nitrogen and oxygen atoms in total. The van der Waals surface area contributed by atoms with Crippen LogP contribution in [0.2, 0.25) is 0 Å². The highest BCUT2D eigenvalue weighted by atomic mass is 79.9. The summed E-state index contributed by atoms with van der Waals surface area (Å²) in [4.78, 5) is 0.